The predicted molar refractivity (Wildman–Crippen MR) is 40.9 cm³/mol. The molecule has 2 aromatic rings. The summed E-state index contributed by atoms with van der Waals surface area (Å²) in [6.07, 6.45) is 1.59. The van der Waals surface area contributed by atoms with Crippen LogP contribution in [0.2, 0.25) is 0 Å². The first kappa shape index (κ1) is 5.99. The zero-order valence-corrected chi connectivity index (χ0v) is 5.74. The Morgan fingerprint density at radius 1 is 1.27 bits per heavy atom. The fraction of sp³-hybridized carbons (Fsp3) is 0. The van der Waals surface area contributed by atoms with E-state index < -0.39 is 0 Å². The van der Waals surface area contributed by atoms with E-state index in [9.17, 15) is 0 Å². The molecule has 0 fully saturated rings. The van der Waals surface area contributed by atoms with E-state index in [-0.39, 0.29) is 0 Å². The molecule has 0 saturated carbocycles. The summed E-state index contributed by atoms with van der Waals surface area (Å²) < 4.78 is 5.12. The molecule has 2 nitrogen and oxygen atoms in total. The van der Waals surface area contributed by atoms with E-state index in [1.165, 1.54) is 0 Å². The molecule has 0 atom stereocenters. The van der Waals surface area contributed by atoms with Gasteiger partial charge in [-0.25, -0.2) is 0 Å². The molecule has 0 radical (unpaired) electrons. The molecule has 52 valence electrons. The lowest BCUT2D eigenvalue weighted by Crippen LogP contribution is -1.72. The van der Waals surface area contributed by atoms with Crippen LogP contribution in [0.15, 0.2) is 34.9 Å². The van der Waals surface area contributed by atoms with Gasteiger partial charge in [0.1, 0.15) is 6.07 Å². The molecular weight excluding hydrogens is 138 g/mol. The molecular formula is C9H5NO. The van der Waals surface area contributed by atoms with Gasteiger partial charge in [0, 0.05) is 5.39 Å². The van der Waals surface area contributed by atoms with Crippen molar-refractivity contribution in [1.82, 2.24) is 0 Å². The summed E-state index contributed by atoms with van der Waals surface area (Å²) >= 11 is 0. The minimum absolute atomic E-state index is 0.590. The summed E-state index contributed by atoms with van der Waals surface area (Å²) in [6.45, 7) is 0. The second-order valence-electron chi connectivity index (χ2n) is 2.26. The number of fused-ring (bicyclic) bond motifs is 1. The van der Waals surface area contributed by atoms with Crippen LogP contribution in [0.25, 0.3) is 11.0 Å². The first-order chi connectivity index (χ1) is 5.42. The highest BCUT2D eigenvalue weighted by molar-refractivity contribution is 5.82. The minimum atomic E-state index is 0.590. The number of rotatable bonds is 0. The molecule has 0 N–H and O–H groups in total. The summed E-state index contributed by atoms with van der Waals surface area (Å²) in [5.74, 6) is 0. The fourth-order valence-corrected chi connectivity index (χ4v) is 1.08. The zero-order chi connectivity index (χ0) is 7.68. The largest absolute Gasteiger partial charge is 0.463 e. The van der Waals surface area contributed by atoms with E-state index in [2.05, 4.69) is 6.07 Å². The summed E-state index contributed by atoms with van der Waals surface area (Å²) in [4.78, 5) is 0. The number of hydrogen-bond acceptors (Lipinski definition) is 2. The van der Waals surface area contributed by atoms with E-state index in [4.69, 9.17) is 9.68 Å². The maximum absolute atomic E-state index is 8.64. The van der Waals surface area contributed by atoms with Crippen molar-refractivity contribution in [2.24, 2.45) is 0 Å². The van der Waals surface area contributed by atoms with Crippen LogP contribution in [-0.4, -0.2) is 0 Å². The highest BCUT2D eigenvalue weighted by Crippen LogP contribution is 2.18. The number of para-hydroxylation sites is 1. The van der Waals surface area contributed by atoms with Crippen molar-refractivity contribution in [3.63, 3.8) is 0 Å². The Balaban J connectivity index is 2.92. The second kappa shape index (κ2) is 2.14. The highest BCUT2D eigenvalue weighted by Gasteiger charge is 2.00. The number of benzene rings is 1. The third-order valence-electron chi connectivity index (χ3n) is 1.60. The van der Waals surface area contributed by atoms with Crippen molar-refractivity contribution >= 4 is 11.0 Å². The Kier molecular flexibility index (Phi) is 1.16. The Morgan fingerprint density at radius 3 is 3.00 bits per heavy atom. The van der Waals surface area contributed by atoms with Gasteiger partial charge in [0.25, 0.3) is 0 Å². The van der Waals surface area contributed by atoms with Gasteiger partial charge in [0.15, 0.2) is 5.58 Å². The maximum atomic E-state index is 8.64. The van der Waals surface area contributed by atoms with Crippen LogP contribution < -0.4 is 0 Å². The molecule has 0 bridgehead atoms. The van der Waals surface area contributed by atoms with Gasteiger partial charge in [-0.2, -0.15) is 5.26 Å². The first-order valence-electron chi connectivity index (χ1n) is 3.28. The lowest BCUT2D eigenvalue weighted by atomic mass is 10.2. The highest BCUT2D eigenvalue weighted by atomic mass is 16.3. The summed E-state index contributed by atoms with van der Waals surface area (Å²) in [5, 5.41) is 9.62. The van der Waals surface area contributed by atoms with Crippen LogP contribution in [0.5, 0.6) is 0 Å². The van der Waals surface area contributed by atoms with Crippen LogP contribution in [0.3, 0.4) is 0 Å². The smallest absolute Gasteiger partial charge is 0.151 e. The summed E-state index contributed by atoms with van der Waals surface area (Å²) in [7, 11) is 0. The molecule has 0 aliphatic rings. The molecule has 0 aliphatic heterocycles. The summed E-state index contributed by atoms with van der Waals surface area (Å²) in [5.41, 5.74) is 1.27. The van der Waals surface area contributed by atoms with Crippen molar-refractivity contribution in [3.05, 3.63) is 36.1 Å². The van der Waals surface area contributed by atoms with Crippen LogP contribution in [0, 0.1) is 11.3 Å². The Labute approximate surface area is 63.7 Å². The van der Waals surface area contributed by atoms with Crippen LogP contribution in [0.1, 0.15) is 5.56 Å². The van der Waals surface area contributed by atoms with Gasteiger partial charge in [-0.3, -0.25) is 0 Å². The van der Waals surface area contributed by atoms with Gasteiger partial charge >= 0.3 is 0 Å². The average Bonchev–Trinajstić information content (AvgIpc) is 2.50. The Hall–Kier alpha value is -1.75. The van der Waals surface area contributed by atoms with Gasteiger partial charge in [-0.1, -0.05) is 12.1 Å². The van der Waals surface area contributed by atoms with E-state index >= 15 is 0 Å². The quantitative estimate of drug-likeness (QED) is 0.567. The van der Waals surface area contributed by atoms with Crippen molar-refractivity contribution < 1.29 is 4.42 Å². The number of furan rings is 1. The van der Waals surface area contributed by atoms with Crippen LogP contribution >= 0.6 is 0 Å². The summed E-state index contributed by atoms with van der Waals surface area (Å²) in [6, 6.07) is 9.41. The van der Waals surface area contributed by atoms with E-state index in [1.54, 1.807) is 12.3 Å². The molecule has 1 aromatic heterocycles. The lowest BCUT2D eigenvalue weighted by molar-refractivity contribution is 0.615. The van der Waals surface area contributed by atoms with Gasteiger partial charge in [0.2, 0.25) is 0 Å². The molecule has 0 aliphatic carbocycles. The molecule has 0 spiro atoms. The zero-order valence-electron chi connectivity index (χ0n) is 5.74. The van der Waals surface area contributed by atoms with Gasteiger partial charge in [0.05, 0.1) is 11.8 Å². The molecule has 0 saturated heterocycles. The predicted octanol–water partition coefficient (Wildman–Crippen LogP) is 2.30. The Bertz CT molecular complexity index is 422. The third kappa shape index (κ3) is 0.786. The average molecular weight is 143 g/mol. The SMILES string of the molecule is N#Cc1cccc2ccoc12. The van der Waals surface area contributed by atoms with Crippen molar-refractivity contribution in [2.75, 3.05) is 0 Å². The second-order valence-corrected chi connectivity index (χ2v) is 2.26. The minimum Gasteiger partial charge on any atom is -0.463 e. The van der Waals surface area contributed by atoms with Gasteiger partial charge < -0.3 is 4.42 Å². The van der Waals surface area contributed by atoms with Crippen LogP contribution in [-0.2, 0) is 0 Å². The molecule has 11 heavy (non-hydrogen) atoms. The standard InChI is InChI=1S/C9H5NO/c10-6-8-3-1-2-7-4-5-11-9(7)8/h1-5H. The fourth-order valence-electron chi connectivity index (χ4n) is 1.08. The van der Waals surface area contributed by atoms with Crippen molar-refractivity contribution in [3.8, 4) is 6.07 Å². The Morgan fingerprint density at radius 2 is 2.18 bits per heavy atom. The number of nitriles is 1. The van der Waals surface area contributed by atoms with Gasteiger partial charge in [-0.05, 0) is 12.1 Å². The number of nitrogens with zero attached hydrogens (tertiary/aromatic N) is 1. The maximum Gasteiger partial charge on any atom is 0.151 e. The molecule has 1 aromatic carbocycles. The third-order valence-corrected chi connectivity index (χ3v) is 1.60. The molecule has 1 heterocycles. The van der Waals surface area contributed by atoms with E-state index in [0.717, 1.165) is 5.39 Å². The van der Waals surface area contributed by atoms with Gasteiger partial charge in [-0.15, -0.1) is 0 Å². The normalized spacial score (nSPS) is 9.73. The molecule has 2 rings (SSSR count). The first-order valence-corrected chi connectivity index (χ1v) is 3.28. The molecule has 0 unspecified atom stereocenters. The monoisotopic (exact) mass is 143 g/mol. The lowest BCUT2D eigenvalue weighted by Gasteiger charge is -1.88. The topological polar surface area (TPSA) is 36.9 Å². The van der Waals surface area contributed by atoms with Crippen molar-refractivity contribution in [1.29, 1.82) is 5.26 Å². The van der Waals surface area contributed by atoms with Crippen LogP contribution in [0.4, 0.5) is 0 Å². The molecule has 2 heteroatoms. The van der Waals surface area contributed by atoms with E-state index in [1.807, 2.05) is 18.2 Å². The molecule has 0 amide bonds. The number of hydrogen-bond donors (Lipinski definition) is 0. The van der Waals surface area contributed by atoms with Crippen molar-refractivity contribution in [2.45, 2.75) is 0 Å². The van der Waals surface area contributed by atoms with E-state index in [0.29, 0.717) is 11.1 Å².